The van der Waals surface area contributed by atoms with Crippen LogP contribution >= 0.6 is 0 Å². The van der Waals surface area contributed by atoms with Crippen LogP contribution in [0.3, 0.4) is 0 Å². The van der Waals surface area contributed by atoms with Gasteiger partial charge in [0.25, 0.3) is 0 Å². The Morgan fingerprint density at radius 2 is 1.92 bits per heavy atom. The topological polar surface area (TPSA) is 75.7 Å². The molecule has 1 N–H and O–H groups in total. The van der Waals surface area contributed by atoms with E-state index >= 15 is 0 Å². The number of methoxy groups -OCH3 is 1. The Morgan fingerprint density at radius 1 is 1.24 bits per heavy atom. The van der Waals surface area contributed by atoms with Crippen molar-refractivity contribution >= 4 is 23.5 Å². The van der Waals surface area contributed by atoms with Crippen molar-refractivity contribution in [1.29, 1.82) is 0 Å². The molecule has 0 aliphatic carbocycles. The molecule has 25 heavy (non-hydrogen) atoms. The van der Waals surface area contributed by atoms with Gasteiger partial charge in [0.15, 0.2) is 0 Å². The lowest BCUT2D eigenvalue weighted by Crippen LogP contribution is -2.33. The first-order valence-electron chi connectivity index (χ1n) is 8.01. The Labute approximate surface area is 144 Å². The minimum Gasteiger partial charge on any atom is -0.469 e. The Balaban J connectivity index is 1.83. The maximum atomic E-state index is 13.3. The Bertz CT molecular complexity index is 646. The average molecular weight is 354 g/mol. The fraction of sp³-hybridized carbons (Fsp3) is 0.471. The van der Waals surface area contributed by atoms with Gasteiger partial charge >= 0.3 is 5.97 Å². The molecule has 0 bridgehead atoms. The fourth-order valence-corrected chi connectivity index (χ4v) is 2.68. The number of esters is 1. The second-order valence-electron chi connectivity index (χ2n) is 5.86. The number of halogens is 2. The van der Waals surface area contributed by atoms with Crippen molar-refractivity contribution in [3.05, 3.63) is 29.8 Å². The molecular formula is C17H20F2N2O4. The van der Waals surface area contributed by atoms with E-state index in [1.165, 1.54) is 12.0 Å². The number of nitrogens with one attached hydrogen (secondary N) is 1. The van der Waals surface area contributed by atoms with Gasteiger partial charge in [-0.05, 0) is 25.0 Å². The van der Waals surface area contributed by atoms with E-state index in [4.69, 9.17) is 0 Å². The predicted octanol–water partition coefficient (Wildman–Crippen LogP) is 1.78. The molecule has 1 atom stereocenters. The zero-order chi connectivity index (χ0) is 18.4. The van der Waals surface area contributed by atoms with Crippen molar-refractivity contribution in [2.75, 3.05) is 25.1 Å². The quantitative estimate of drug-likeness (QED) is 0.598. The summed E-state index contributed by atoms with van der Waals surface area (Å²) in [5.41, 5.74) is 0.107. The smallest absolute Gasteiger partial charge is 0.305 e. The van der Waals surface area contributed by atoms with Crippen LogP contribution < -0.4 is 10.2 Å². The van der Waals surface area contributed by atoms with Gasteiger partial charge in [-0.3, -0.25) is 14.4 Å². The second kappa shape index (κ2) is 8.55. The molecule has 1 aromatic carbocycles. The van der Waals surface area contributed by atoms with E-state index in [2.05, 4.69) is 10.1 Å². The van der Waals surface area contributed by atoms with Crippen LogP contribution in [0, 0.1) is 17.6 Å². The average Bonchev–Trinajstić information content (AvgIpc) is 2.95. The lowest BCUT2D eigenvalue weighted by molar-refractivity contribution is -0.140. The summed E-state index contributed by atoms with van der Waals surface area (Å²) in [6.07, 6.45) is 1.48. The number of carbonyl (C=O) groups is 3. The van der Waals surface area contributed by atoms with E-state index in [9.17, 15) is 23.2 Å². The van der Waals surface area contributed by atoms with Crippen LogP contribution in [0.4, 0.5) is 14.5 Å². The number of rotatable bonds is 7. The van der Waals surface area contributed by atoms with Crippen LogP contribution in [-0.4, -0.2) is 38.0 Å². The lowest BCUT2D eigenvalue weighted by Gasteiger charge is -2.17. The normalized spacial score (nSPS) is 16.8. The standard InChI is InChI=1S/C17H20F2N2O4/c1-25-16(23)4-2-3-5-20-17(24)11-6-15(22)21(10-11)14-8-12(18)7-13(19)9-14/h7-9,11H,2-6,10H2,1H3,(H,20,24). The van der Waals surface area contributed by atoms with Crippen molar-refractivity contribution in [3.63, 3.8) is 0 Å². The molecule has 0 aromatic heterocycles. The van der Waals surface area contributed by atoms with Gasteiger partial charge in [-0.2, -0.15) is 0 Å². The third kappa shape index (κ3) is 5.23. The SMILES string of the molecule is COC(=O)CCCCNC(=O)C1CC(=O)N(c2cc(F)cc(F)c2)C1. The maximum Gasteiger partial charge on any atom is 0.305 e. The Kier molecular flexibility index (Phi) is 6.44. The molecule has 1 heterocycles. The number of unbranched alkanes of at least 4 members (excludes halogenated alkanes) is 1. The fourth-order valence-electron chi connectivity index (χ4n) is 2.68. The zero-order valence-corrected chi connectivity index (χ0v) is 13.9. The number of carbonyl (C=O) groups excluding carboxylic acids is 3. The molecule has 1 unspecified atom stereocenters. The van der Waals surface area contributed by atoms with Crippen LogP contribution in [0.25, 0.3) is 0 Å². The number of nitrogens with zero attached hydrogens (tertiary/aromatic N) is 1. The van der Waals surface area contributed by atoms with Gasteiger partial charge in [0, 0.05) is 37.7 Å². The molecule has 0 radical (unpaired) electrons. The van der Waals surface area contributed by atoms with Gasteiger partial charge in [-0.1, -0.05) is 0 Å². The third-order valence-corrected chi connectivity index (χ3v) is 3.99. The highest BCUT2D eigenvalue weighted by Crippen LogP contribution is 2.26. The van der Waals surface area contributed by atoms with E-state index in [-0.39, 0.29) is 42.9 Å². The van der Waals surface area contributed by atoms with Gasteiger partial charge in [-0.25, -0.2) is 8.78 Å². The summed E-state index contributed by atoms with van der Waals surface area (Å²) < 4.78 is 31.1. The Hall–Kier alpha value is -2.51. The highest BCUT2D eigenvalue weighted by molar-refractivity contribution is 6.00. The van der Waals surface area contributed by atoms with E-state index in [0.717, 1.165) is 18.2 Å². The summed E-state index contributed by atoms with van der Waals surface area (Å²) in [5, 5.41) is 2.71. The maximum absolute atomic E-state index is 13.3. The Morgan fingerprint density at radius 3 is 2.56 bits per heavy atom. The van der Waals surface area contributed by atoms with E-state index in [0.29, 0.717) is 19.4 Å². The molecule has 6 nitrogen and oxygen atoms in total. The highest BCUT2D eigenvalue weighted by atomic mass is 19.1. The lowest BCUT2D eigenvalue weighted by atomic mass is 10.1. The molecule has 1 aromatic rings. The summed E-state index contributed by atoms with van der Waals surface area (Å²) in [4.78, 5) is 36.4. The molecule has 1 saturated heterocycles. The number of anilines is 1. The first-order valence-corrected chi connectivity index (χ1v) is 8.01. The van der Waals surface area contributed by atoms with Gasteiger partial charge in [0.1, 0.15) is 11.6 Å². The summed E-state index contributed by atoms with van der Waals surface area (Å²) in [6, 6.07) is 2.85. The summed E-state index contributed by atoms with van der Waals surface area (Å²) in [5.74, 6) is -3.06. The number of hydrogen-bond acceptors (Lipinski definition) is 4. The van der Waals surface area contributed by atoms with E-state index < -0.39 is 17.6 Å². The largest absolute Gasteiger partial charge is 0.469 e. The van der Waals surface area contributed by atoms with Crippen LogP contribution in [0.15, 0.2) is 18.2 Å². The number of ether oxygens (including phenoxy) is 1. The minimum absolute atomic E-state index is 0.00781. The van der Waals surface area contributed by atoms with Crippen LogP contribution in [0.5, 0.6) is 0 Å². The summed E-state index contributed by atoms with van der Waals surface area (Å²) in [6.45, 7) is 0.463. The molecule has 136 valence electrons. The monoisotopic (exact) mass is 354 g/mol. The van der Waals surface area contributed by atoms with Gasteiger partial charge in [0.2, 0.25) is 11.8 Å². The van der Waals surface area contributed by atoms with E-state index in [1.54, 1.807) is 0 Å². The molecular weight excluding hydrogens is 334 g/mol. The zero-order valence-electron chi connectivity index (χ0n) is 13.9. The highest BCUT2D eigenvalue weighted by Gasteiger charge is 2.35. The second-order valence-corrected chi connectivity index (χ2v) is 5.86. The first-order chi connectivity index (χ1) is 11.9. The summed E-state index contributed by atoms with van der Waals surface area (Å²) in [7, 11) is 1.32. The molecule has 2 rings (SSSR count). The molecule has 1 fully saturated rings. The number of hydrogen-bond donors (Lipinski definition) is 1. The van der Waals surface area contributed by atoms with Crippen molar-refractivity contribution in [2.24, 2.45) is 5.92 Å². The molecule has 1 aliphatic heterocycles. The third-order valence-electron chi connectivity index (χ3n) is 3.99. The van der Waals surface area contributed by atoms with Gasteiger partial charge < -0.3 is 15.0 Å². The van der Waals surface area contributed by atoms with Crippen molar-refractivity contribution in [2.45, 2.75) is 25.7 Å². The van der Waals surface area contributed by atoms with Gasteiger partial charge in [0.05, 0.1) is 13.0 Å². The van der Waals surface area contributed by atoms with Crippen LogP contribution in [0.1, 0.15) is 25.7 Å². The molecule has 8 heteroatoms. The van der Waals surface area contributed by atoms with Crippen LogP contribution in [0.2, 0.25) is 0 Å². The molecule has 1 aliphatic rings. The van der Waals surface area contributed by atoms with Crippen LogP contribution in [-0.2, 0) is 19.1 Å². The molecule has 2 amide bonds. The predicted molar refractivity (Wildman–Crippen MR) is 85.7 cm³/mol. The number of benzene rings is 1. The molecule has 0 saturated carbocycles. The minimum atomic E-state index is -0.777. The summed E-state index contributed by atoms with van der Waals surface area (Å²) >= 11 is 0. The molecule has 0 spiro atoms. The van der Waals surface area contributed by atoms with Crippen molar-refractivity contribution in [1.82, 2.24) is 5.32 Å². The van der Waals surface area contributed by atoms with E-state index in [1.807, 2.05) is 0 Å². The first kappa shape index (κ1) is 18.8. The van der Waals surface area contributed by atoms with Crippen molar-refractivity contribution in [3.8, 4) is 0 Å². The van der Waals surface area contributed by atoms with Crippen molar-refractivity contribution < 1.29 is 27.9 Å². The van der Waals surface area contributed by atoms with Gasteiger partial charge in [-0.15, -0.1) is 0 Å². The number of amides is 2.